The molecule has 7 heteroatoms. The van der Waals surface area contributed by atoms with E-state index in [0.717, 1.165) is 5.69 Å². The first-order valence-electron chi connectivity index (χ1n) is 7.52. The van der Waals surface area contributed by atoms with Gasteiger partial charge in [0.05, 0.1) is 23.1 Å². The molecule has 0 saturated heterocycles. The fraction of sp³-hybridized carbons (Fsp3) is 0.0556. The van der Waals surface area contributed by atoms with Gasteiger partial charge in [-0.25, -0.2) is 4.68 Å². The first-order chi connectivity index (χ1) is 12.1. The number of benzene rings is 2. The second-order valence-electron chi connectivity index (χ2n) is 5.31. The number of nitrogens with one attached hydrogen (secondary N) is 2. The molecule has 0 bridgehead atoms. The molecule has 0 spiro atoms. The van der Waals surface area contributed by atoms with Gasteiger partial charge in [0.2, 0.25) is 0 Å². The molecule has 0 atom stereocenters. The summed E-state index contributed by atoms with van der Waals surface area (Å²) in [6.07, 6.45) is 1.44. The second kappa shape index (κ2) is 7.19. The Bertz CT molecular complexity index is 922. The number of aromatic nitrogens is 2. The molecule has 0 aliphatic heterocycles. The van der Waals surface area contributed by atoms with Gasteiger partial charge in [-0.05, 0) is 37.3 Å². The van der Waals surface area contributed by atoms with E-state index in [1.165, 1.54) is 6.20 Å². The van der Waals surface area contributed by atoms with Crippen LogP contribution in [0.5, 0.6) is 0 Å². The molecule has 0 fully saturated rings. The van der Waals surface area contributed by atoms with Crippen LogP contribution in [0, 0.1) is 6.92 Å². The van der Waals surface area contributed by atoms with Gasteiger partial charge in [-0.3, -0.25) is 20.4 Å². The second-order valence-corrected chi connectivity index (χ2v) is 5.75. The zero-order valence-corrected chi connectivity index (χ0v) is 14.1. The molecular weight excluding hydrogens is 340 g/mol. The first-order valence-corrected chi connectivity index (χ1v) is 7.90. The number of hydrogen-bond donors (Lipinski definition) is 2. The van der Waals surface area contributed by atoms with Gasteiger partial charge in [0.25, 0.3) is 11.8 Å². The van der Waals surface area contributed by atoms with Crippen molar-refractivity contribution < 1.29 is 9.59 Å². The third-order valence-electron chi connectivity index (χ3n) is 3.63. The fourth-order valence-electron chi connectivity index (χ4n) is 2.34. The van der Waals surface area contributed by atoms with Crippen molar-refractivity contribution in [1.29, 1.82) is 0 Å². The fourth-order valence-corrected chi connectivity index (χ4v) is 2.53. The summed E-state index contributed by atoms with van der Waals surface area (Å²) in [5, 5.41) is 4.80. The molecule has 1 heterocycles. The van der Waals surface area contributed by atoms with Crippen LogP contribution < -0.4 is 10.9 Å². The standard InChI is InChI=1S/C18H15ClN4O2/c1-12-16(11-20-23(12)15-9-5-8-14(19)10-15)18(25)22-21-17(24)13-6-3-2-4-7-13/h2-11H,1H3,(H,21,24)(H,22,25). The molecule has 1 aromatic heterocycles. The maximum absolute atomic E-state index is 12.3. The number of carbonyl (C=O) groups excluding carboxylic acids is 2. The first kappa shape index (κ1) is 16.7. The molecule has 3 rings (SSSR count). The number of carbonyl (C=O) groups is 2. The van der Waals surface area contributed by atoms with E-state index in [0.29, 0.717) is 21.8 Å². The Morgan fingerprint density at radius 1 is 1.00 bits per heavy atom. The highest BCUT2D eigenvalue weighted by Crippen LogP contribution is 2.17. The van der Waals surface area contributed by atoms with Gasteiger partial charge in [-0.2, -0.15) is 5.10 Å². The Morgan fingerprint density at radius 2 is 1.72 bits per heavy atom. The van der Waals surface area contributed by atoms with Gasteiger partial charge in [-0.1, -0.05) is 35.9 Å². The van der Waals surface area contributed by atoms with Crippen LogP contribution in [0.4, 0.5) is 0 Å². The summed E-state index contributed by atoms with van der Waals surface area (Å²) in [6, 6.07) is 15.8. The summed E-state index contributed by atoms with van der Waals surface area (Å²) in [6.45, 7) is 1.77. The monoisotopic (exact) mass is 354 g/mol. The number of rotatable bonds is 3. The smallest absolute Gasteiger partial charge is 0.267 e. The van der Waals surface area contributed by atoms with E-state index in [2.05, 4.69) is 16.0 Å². The minimum absolute atomic E-state index is 0.355. The van der Waals surface area contributed by atoms with Gasteiger partial charge in [0, 0.05) is 10.6 Å². The zero-order valence-electron chi connectivity index (χ0n) is 13.4. The number of halogens is 1. The SMILES string of the molecule is Cc1c(C(=O)NNC(=O)c2ccccc2)cnn1-c1cccc(Cl)c1. The summed E-state index contributed by atoms with van der Waals surface area (Å²) >= 11 is 5.99. The lowest BCUT2D eigenvalue weighted by atomic mass is 10.2. The molecular formula is C18H15ClN4O2. The topological polar surface area (TPSA) is 76.0 Å². The number of hydrazine groups is 1. The molecule has 3 aromatic rings. The van der Waals surface area contributed by atoms with Crippen LogP contribution in [0.25, 0.3) is 5.69 Å². The predicted molar refractivity (Wildman–Crippen MR) is 94.7 cm³/mol. The molecule has 0 saturated carbocycles. The summed E-state index contributed by atoms with van der Waals surface area (Å²) < 4.78 is 1.61. The lowest BCUT2D eigenvalue weighted by molar-refractivity contribution is 0.0846. The van der Waals surface area contributed by atoms with E-state index in [1.54, 1.807) is 54.1 Å². The van der Waals surface area contributed by atoms with Crippen LogP contribution in [0.15, 0.2) is 60.8 Å². The predicted octanol–water partition coefficient (Wildman–Crippen LogP) is 2.91. The Labute approximate surface area is 149 Å². The normalized spacial score (nSPS) is 10.3. The van der Waals surface area contributed by atoms with Gasteiger partial charge in [0.1, 0.15) is 0 Å². The highest BCUT2D eigenvalue weighted by atomic mass is 35.5. The largest absolute Gasteiger partial charge is 0.273 e. The molecule has 6 nitrogen and oxygen atoms in total. The maximum Gasteiger partial charge on any atom is 0.273 e. The van der Waals surface area contributed by atoms with Gasteiger partial charge >= 0.3 is 0 Å². The summed E-state index contributed by atoms with van der Waals surface area (Å²) in [5.41, 5.74) is 6.97. The molecule has 25 heavy (non-hydrogen) atoms. The van der Waals surface area contributed by atoms with Crippen molar-refractivity contribution in [3.63, 3.8) is 0 Å². The van der Waals surface area contributed by atoms with E-state index in [-0.39, 0.29) is 0 Å². The Balaban J connectivity index is 1.72. The highest BCUT2D eigenvalue weighted by molar-refractivity contribution is 6.30. The van der Waals surface area contributed by atoms with Crippen LogP contribution in [-0.2, 0) is 0 Å². The van der Waals surface area contributed by atoms with Crippen molar-refractivity contribution in [1.82, 2.24) is 20.6 Å². The van der Waals surface area contributed by atoms with Crippen molar-refractivity contribution in [2.45, 2.75) is 6.92 Å². The van der Waals surface area contributed by atoms with Gasteiger partial charge in [-0.15, -0.1) is 0 Å². The Kier molecular flexibility index (Phi) is 4.81. The van der Waals surface area contributed by atoms with Crippen LogP contribution in [0.2, 0.25) is 5.02 Å². The number of hydrogen-bond acceptors (Lipinski definition) is 3. The van der Waals surface area contributed by atoms with Crippen molar-refractivity contribution in [3.05, 3.63) is 82.6 Å². The van der Waals surface area contributed by atoms with Crippen LogP contribution in [0.3, 0.4) is 0 Å². The number of nitrogens with zero attached hydrogens (tertiary/aromatic N) is 2. The van der Waals surface area contributed by atoms with E-state index >= 15 is 0 Å². The lowest BCUT2D eigenvalue weighted by Gasteiger charge is -2.08. The molecule has 0 radical (unpaired) electrons. The van der Waals surface area contributed by atoms with E-state index in [1.807, 2.05) is 12.1 Å². The summed E-state index contributed by atoms with van der Waals surface area (Å²) in [5.74, 6) is -0.844. The maximum atomic E-state index is 12.3. The molecule has 2 N–H and O–H groups in total. The number of amides is 2. The summed E-state index contributed by atoms with van der Waals surface area (Å²) in [4.78, 5) is 24.3. The van der Waals surface area contributed by atoms with Gasteiger partial charge < -0.3 is 0 Å². The van der Waals surface area contributed by atoms with E-state index in [4.69, 9.17) is 11.6 Å². The molecule has 0 aliphatic carbocycles. The Hall–Kier alpha value is -3.12. The zero-order chi connectivity index (χ0) is 17.8. The van der Waals surface area contributed by atoms with E-state index in [9.17, 15) is 9.59 Å². The lowest BCUT2D eigenvalue weighted by Crippen LogP contribution is -2.41. The average molecular weight is 355 g/mol. The third kappa shape index (κ3) is 3.70. The minimum atomic E-state index is -0.449. The molecule has 0 unspecified atom stereocenters. The molecule has 0 aliphatic rings. The minimum Gasteiger partial charge on any atom is -0.267 e. The highest BCUT2D eigenvalue weighted by Gasteiger charge is 2.16. The van der Waals surface area contributed by atoms with Crippen molar-refractivity contribution in [3.8, 4) is 5.69 Å². The average Bonchev–Trinajstić information content (AvgIpc) is 3.01. The van der Waals surface area contributed by atoms with Crippen LogP contribution in [-0.4, -0.2) is 21.6 Å². The van der Waals surface area contributed by atoms with Gasteiger partial charge in [0.15, 0.2) is 0 Å². The van der Waals surface area contributed by atoms with Crippen molar-refractivity contribution in [2.24, 2.45) is 0 Å². The molecule has 2 amide bonds. The third-order valence-corrected chi connectivity index (χ3v) is 3.87. The van der Waals surface area contributed by atoms with Crippen LogP contribution >= 0.6 is 11.6 Å². The van der Waals surface area contributed by atoms with Crippen molar-refractivity contribution in [2.75, 3.05) is 0 Å². The molecule has 126 valence electrons. The quantitative estimate of drug-likeness (QED) is 0.710. The van der Waals surface area contributed by atoms with E-state index < -0.39 is 11.8 Å². The summed E-state index contributed by atoms with van der Waals surface area (Å²) in [7, 11) is 0. The van der Waals surface area contributed by atoms with Crippen molar-refractivity contribution >= 4 is 23.4 Å². The molecule has 2 aromatic carbocycles. The van der Waals surface area contributed by atoms with Crippen LogP contribution in [0.1, 0.15) is 26.4 Å². The Morgan fingerprint density at radius 3 is 2.44 bits per heavy atom.